The fraction of sp³-hybridized carbons (Fsp3) is 0.588. The highest BCUT2D eigenvalue weighted by molar-refractivity contribution is 5.89. The van der Waals surface area contributed by atoms with Crippen LogP contribution in [-0.4, -0.2) is 24.8 Å². The van der Waals surface area contributed by atoms with Gasteiger partial charge in [0, 0.05) is 6.54 Å². The van der Waals surface area contributed by atoms with Crippen LogP contribution < -0.4 is 16.4 Å². The molecule has 0 saturated carbocycles. The molecule has 1 aromatic rings. The van der Waals surface area contributed by atoms with Crippen LogP contribution in [0.1, 0.15) is 34.6 Å². The number of nitrogens with one attached hydrogen (secondary N) is 2. The Labute approximate surface area is 133 Å². The van der Waals surface area contributed by atoms with Crippen LogP contribution in [0.25, 0.3) is 0 Å². The Kier molecular flexibility index (Phi) is 6.68. The number of hydrogen-bond donors (Lipinski definition) is 3. The van der Waals surface area contributed by atoms with Gasteiger partial charge in [-0.25, -0.2) is 4.79 Å². The first-order valence-corrected chi connectivity index (χ1v) is 7.76. The van der Waals surface area contributed by atoms with Crippen molar-refractivity contribution >= 4 is 17.5 Å². The van der Waals surface area contributed by atoms with Crippen LogP contribution in [0.5, 0.6) is 0 Å². The molecule has 0 aliphatic rings. The smallest absolute Gasteiger partial charge is 0.412 e. The first kappa shape index (κ1) is 18.3. The van der Waals surface area contributed by atoms with E-state index >= 15 is 0 Å². The molecule has 0 fully saturated rings. The molecule has 0 heterocycles. The predicted molar refractivity (Wildman–Crippen MR) is 92.2 cm³/mol. The molecule has 5 heteroatoms. The van der Waals surface area contributed by atoms with Crippen molar-refractivity contribution in [1.29, 1.82) is 0 Å². The maximum atomic E-state index is 11.9. The number of para-hydroxylation sites is 2. The van der Waals surface area contributed by atoms with Gasteiger partial charge in [0.05, 0.1) is 11.4 Å². The highest BCUT2D eigenvalue weighted by Gasteiger charge is 2.17. The van der Waals surface area contributed by atoms with Gasteiger partial charge in [-0.2, -0.15) is 0 Å². The maximum absolute atomic E-state index is 11.9. The summed E-state index contributed by atoms with van der Waals surface area (Å²) in [6, 6.07) is 7.58. The lowest BCUT2D eigenvalue weighted by Crippen LogP contribution is -2.29. The number of ether oxygens (including phenoxy) is 1. The Balaban J connectivity index is 2.71. The Morgan fingerprint density at radius 3 is 2.32 bits per heavy atom. The van der Waals surface area contributed by atoms with Gasteiger partial charge >= 0.3 is 6.09 Å². The Bertz CT molecular complexity index is 481. The van der Waals surface area contributed by atoms with Crippen molar-refractivity contribution in [3.63, 3.8) is 0 Å². The minimum absolute atomic E-state index is 0.384. The highest BCUT2D eigenvalue weighted by atomic mass is 16.6. The Morgan fingerprint density at radius 1 is 1.23 bits per heavy atom. The second kappa shape index (κ2) is 8.03. The normalized spacial score (nSPS) is 12.9. The van der Waals surface area contributed by atoms with Gasteiger partial charge in [0.25, 0.3) is 0 Å². The number of rotatable bonds is 6. The van der Waals surface area contributed by atoms with E-state index in [1.807, 2.05) is 45.0 Å². The van der Waals surface area contributed by atoms with Crippen molar-refractivity contribution in [1.82, 2.24) is 0 Å². The molecule has 0 saturated heterocycles. The zero-order valence-electron chi connectivity index (χ0n) is 14.3. The van der Waals surface area contributed by atoms with Crippen molar-refractivity contribution < 1.29 is 9.53 Å². The van der Waals surface area contributed by atoms with Crippen molar-refractivity contribution in [2.24, 2.45) is 17.6 Å². The lowest BCUT2D eigenvalue weighted by molar-refractivity contribution is 0.0636. The molecule has 5 nitrogen and oxygen atoms in total. The molecule has 0 aromatic heterocycles. The molecule has 0 aliphatic heterocycles. The summed E-state index contributed by atoms with van der Waals surface area (Å²) in [5, 5.41) is 6.15. The molecule has 1 atom stereocenters. The topological polar surface area (TPSA) is 76.4 Å². The number of amides is 1. The largest absolute Gasteiger partial charge is 0.444 e. The monoisotopic (exact) mass is 307 g/mol. The number of hydrogen-bond acceptors (Lipinski definition) is 4. The molecule has 1 aromatic carbocycles. The first-order valence-electron chi connectivity index (χ1n) is 7.76. The van der Waals surface area contributed by atoms with Gasteiger partial charge in [-0.3, -0.25) is 5.32 Å². The summed E-state index contributed by atoms with van der Waals surface area (Å²) in [4.78, 5) is 11.9. The van der Waals surface area contributed by atoms with Crippen molar-refractivity contribution in [2.75, 3.05) is 23.7 Å². The second-order valence-corrected chi connectivity index (χ2v) is 6.79. The van der Waals surface area contributed by atoms with Gasteiger partial charge in [0.15, 0.2) is 0 Å². The van der Waals surface area contributed by atoms with E-state index in [1.165, 1.54) is 0 Å². The maximum Gasteiger partial charge on any atom is 0.412 e. The molecule has 0 bridgehead atoms. The standard InChI is InChI=1S/C17H29N3O2/c1-12(2)13(10-18)11-19-14-8-6-7-9-15(14)20-16(21)22-17(3,4)5/h6-9,12-13,19H,10-11,18H2,1-5H3,(H,20,21). The van der Waals surface area contributed by atoms with E-state index in [0.29, 0.717) is 24.1 Å². The van der Waals surface area contributed by atoms with Crippen LogP contribution in [0.3, 0.4) is 0 Å². The summed E-state index contributed by atoms with van der Waals surface area (Å²) >= 11 is 0. The molecular weight excluding hydrogens is 278 g/mol. The fourth-order valence-electron chi connectivity index (χ4n) is 1.99. The molecule has 1 unspecified atom stereocenters. The fourth-order valence-corrected chi connectivity index (χ4v) is 1.99. The molecule has 1 amide bonds. The summed E-state index contributed by atoms with van der Waals surface area (Å²) in [6.45, 7) is 11.2. The SMILES string of the molecule is CC(C)C(CN)CNc1ccccc1NC(=O)OC(C)(C)C. The number of carbonyl (C=O) groups excluding carboxylic acids is 1. The van der Waals surface area contributed by atoms with Crippen LogP contribution in [0.15, 0.2) is 24.3 Å². The summed E-state index contributed by atoms with van der Waals surface area (Å²) in [5.74, 6) is 0.887. The van der Waals surface area contributed by atoms with Gasteiger partial charge in [-0.15, -0.1) is 0 Å². The van der Waals surface area contributed by atoms with E-state index in [4.69, 9.17) is 10.5 Å². The molecule has 22 heavy (non-hydrogen) atoms. The van der Waals surface area contributed by atoms with E-state index in [1.54, 1.807) is 0 Å². The third-order valence-electron chi connectivity index (χ3n) is 3.36. The number of benzene rings is 1. The molecule has 0 radical (unpaired) electrons. The minimum atomic E-state index is -0.519. The molecule has 0 aliphatic carbocycles. The number of nitrogens with two attached hydrogens (primary N) is 1. The highest BCUT2D eigenvalue weighted by Crippen LogP contribution is 2.23. The molecule has 0 spiro atoms. The average molecular weight is 307 g/mol. The van der Waals surface area contributed by atoms with Crippen LogP contribution in [0.2, 0.25) is 0 Å². The molecule has 1 rings (SSSR count). The van der Waals surface area contributed by atoms with Gasteiger partial charge < -0.3 is 15.8 Å². The van der Waals surface area contributed by atoms with Crippen molar-refractivity contribution in [2.45, 2.75) is 40.2 Å². The number of carbonyl (C=O) groups is 1. The third kappa shape index (κ3) is 6.35. The van der Waals surface area contributed by atoms with Crippen LogP contribution in [0.4, 0.5) is 16.2 Å². The summed E-state index contributed by atoms with van der Waals surface area (Å²) < 4.78 is 5.28. The van der Waals surface area contributed by atoms with Crippen LogP contribution in [0, 0.1) is 11.8 Å². The Morgan fingerprint density at radius 2 is 1.82 bits per heavy atom. The molecule has 4 N–H and O–H groups in total. The van der Waals surface area contributed by atoms with E-state index in [0.717, 1.165) is 12.2 Å². The van der Waals surface area contributed by atoms with Crippen molar-refractivity contribution in [3.8, 4) is 0 Å². The lowest BCUT2D eigenvalue weighted by atomic mass is 9.96. The first-order chi connectivity index (χ1) is 10.2. The zero-order chi connectivity index (χ0) is 16.8. The quantitative estimate of drug-likeness (QED) is 0.749. The minimum Gasteiger partial charge on any atom is -0.444 e. The summed E-state index contributed by atoms with van der Waals surface area (Å²) in [5.41, 5.74) is 6.85. The van der Waals surface area contributed by atoms with Gasteiger partial charge in [0.1, 0.15) is 5.60 Å². The van der Waals surface area contributed by atoms with Gasteiger partial charge in [-0.05, 0) is 51.3 Å². The van der Waals surface area contributed by atoms with E-state index in [2.05, 4.69) is 24.5 Å². The average Bonchev–Trinajstić information content (AvgIpc) is 2.38. The third-order valence-corrected chi connectivity index (χ3v) is 3.36. The van der Waals surface area contributed by atoms with Crippen LogP contribution in [-0.2, 0) is 4.74 Å². The zero-order valence-corrected chi connectivity index (χ0v) is 14.3. The predicted octanol–water partition coefficient (Wildman–Crippen LogP) is 3.68. The molecular formula is C17H29N3O2. The van der Waals surface area contributed by atoms with Crippen molar-refractivity contribution in [3.05, 3.63) is 24.3 Å². The van der Waals surface area contributed by atoms with E-state index in [-0.39, 0.29) is 0 Å². The van der Waals surface area contributed by atoms with E-state index < -0.39 is 11.7 Å². The van der Waals surface area contributed by atoms with Crippen LogP contribution >= 0.6 is 0 Å². The Hall–Kier alpha value is -1.75. The lowest BCUT2D eigenvalue weighted by Gasteiger charge is -2.22. The van der Waals surface area contributed by atoms with E-state index in [9.17, 15) is 4.79 Å². The number of anilines is 2. The summed E-state index contributed by atoms with van der Waals surface area (Å²) in [7, 11) is 0. The second-order valence-electron chi connectivity index (χ2n) is 6.79. The summed E-state index contributed by atoms with van der Waals surface area (Å²) in [6.07, 6.45) is -0.457. The van der Waals surface area contributed by atoms with Gasteiger partial charge in [0.2, 0.25) is 0 Å². The molecule has 124 valence electrons. The van der Waals surface area contributed by atoms with Gasteiger partial charge in [-0.1, -0.05) is 26.0 Å².